The predicted molar refractivity (Wildman–Crippen MR) is 87.7 cm³/mol. The number of halogens is 1. The van der Waals surface area contributed by atoms with Crippen LogP contribution in [0.25, 0.3) is 0 Å². The normalized spacial score (nSPS) is 12.2. The third-order valence-corrected chi connectivity index (χ3v) is 3.89. The molecule has 0 heterocycles. The standard InChI is InChI=1S/C13H20BrN3O3S/c1-13(2,17-21(3,19)20)9-15-8-12(18)16-11-6-4-10(14)5-7-11/h4-7,15,17H,8-9H2,1-3H3,(H,16,18). The van der Waals surface area contributed by atoms with E-state index in [1.54, 1.807) is 26.0 Å². The SMILES string of the molecule is CC(C)(CNCC(=O)Nc1ccc(Br)cc1)NS(C)(=O)=O. The van der Waals surface area contributed by atoms with Gasteiger partial charge in [-0.15, -0.1) is 0 Å². The molecule has 3 N–H and O–H groups in total. The Kier molecular flexibility index (Phi) is 6.33. The van der Waals surface area contributed by atoms with E-state index in [0.29, 0.717) is 12.2 Å². The summed E-state index contributed by atoms with van der Waals surface area (Å²) in [7, 11) is -3.28. The summed E-state index contributed by atoms with van der Waals surface area (Å²) < 4.78 is 25.8. The number of nitrogens with one attached hydrogen (secondary N) is 3. The van der Waals surface area contributed by atoms with E-state index in [1.807, 2.05) is 12.1 Å². The van der Waals surface area contributed by atoms with E-state index in [9.17, 15) is 13.2 Å². The van der Waals surface area contributed by atoms with Crippen molar-refractivity contribution < 1.29 is 13.2 Å². The maximum atomic E-state index is 11.7. The van der Waals surface area contributed by atoms with Crippen LogP contribution in [0.2, 0.25) is 0 Å². The van der Waals surface area contributed by atoms with E-state index >= 15 is 0 Å². The number of hydrogen-bond acceptors (Lipinski definition) is 4. The quantitative estimate of drug-likeness (QED) is 0.668. The fraction of sp³-hybridized carbons (Fsp3) is 0.462. The highest BCUT2D eigenvalue weighted by Gasteiger charge is 2.21. The second-order valence-corrected chi connectivity index (χ2v) is 8.08. The lowest BCUT2D eigenvalue weighted by Gasteiger charge is -2.25. The molecule has 0 aromatic heterocycles. The lowest BCUT2D eigenvalue weighted by atomic mass is 10.1. The summed E-state index contributed by atoms with van der Waals surface area (Å²) in [5.74, 6) is -0.188. The summed E-state index contributed by atoms with van der Waals surface area (Å²) in [6.45, 7) is 3.93. The highest BCUT2D eigenvalue weighted by atomic mass is 79.9. The van der Waals surface area contributed by atoms with Crippen LogP contribution in [-0.2, 0) is 14.8 Å². The second kappa shape index (κ2) is 7.35. The van der Waals surface area contributed by atoms with Gasteiger partial charge in [0, 0.05) is 22.2 Å². The molecule has 0 radical (unpaired) electrons. The third kappa shape index (κ3) is 8.15. The van der Waals surface area contributed by atoms with Crippen molar-refractivity contribution in [3.8, 4) is 0 Å². The van der Waals surface area contributed by atoms with Gasteiger partial charge in [0.2, 0.25) is 15.9 Å². The fourth-order valence-corrected chi connectivity index (χ4v) is 3.11. The molecule has 1 aromatic rings. The fourth-order valence-electron chi connectivity index (χ4n) is 1.76. The maximum Gasteiger partial charge on any atom is 0.238 e. The summed E-state index contributed by atoms with van der Waals surface area (Å²) in [6.07, 6.45) is 1.11. The zero-order valence-electron chi connectivity index (χ0n) is 12.2. The summed E-state index contributed by atoms with van der Waals surface area (Å²) in [5, 5.41) is 5.67. The largest absolute Gasteiger partial charge is 0.325 e. The highest BCUT2D eigenvalue weighted by Crippen LogP contribution is 2.13. The Balaban J connectivity index is 2.38. The molecule has 0 aliphatic rings. The van der Waals surface area contributed by atoms with Gasteiger partial charge in [0.1, 0.15) is 0 Å². The third-order valence-electron chi connectivity index (χ3n) is 2.44. The molecule has 0 saturated heterocycles. The first-order valence-corrected chi connectivity index (χ1v) is 9.01. The van der Waals surface area contributed by atoms with Crippen molar-refractivity contribution >= 4 is 37.5 Å². The van der Waals surface area contributed by atoms with Crippen LogP contribution < -0.4 is 15.4 Å². The Morgan fingerprint density at radius 3 is 2.33 bits per heavy atom. The molecule has 6 nitrogen and oxygen atoms in total. The van der Waals surface area contributed by atoms with Gasteiger partial charge in [-0.3, -0.25) is 4.79 Å². The summed E-state index contributed by atoms with van der Waals surface area (Å²) in [6, 6.07) is 7.25. The van der Waals surface area contributed by atoms with Crippen LogP contribution in [0.1, 0.15) is 13.8 Å². The number of anilines is 1. The average molecular weight is 378 g/mol. The minimum atomic E-state index is -3.28. The van der Waals surface area contributed by atoms with Gasteiger partial charge >= 0.3 is 0 Å². The summed E-state index contributed by atoms with van der Waals surface area (Å²) in [5.41, 5.74) is 0.0457. The Hall–Kier alpha value is -0.960. The van der Waals surface area contributed by atoms with E-state index in [1.165, 1.54) is 0 Å². The van der Waals surface area contributed by atoms with Crippen molar-refractivity contribution in [2.75, 3.05) is 24.7 Å². The Labute approximate surface area is 133 Å². The Morgan fingerprint density at radius 2 is 1.81 bits per heavy atom. The van der Waals surface area contributed by atoms with E-state index in [2.05, 4.69) is 31.3 Å². The monoisotopic (exact) mass is 377 g/mol. The molecule has 1 amide bonds. The maximum absolute atomic E-state index is 11.7. The van der Waals surface area contributed by atoms with Gasteiger partial charge in [0.15, 0.2) is 0 Å². The van der Waals surface area contributed by atoms with Crippen molar-refractivity contribution in [2.24, 2.45) is 0 Å². The molecule has 0 unspecified atom stereocenters. The number of carbonyl (C=O) groups excluding carboxylic acids is 1. The van der Waals surface area contributed by atoms with Crippen LogP contribution in [0.4, 0.5) is 5.69 Å². The topological polar surface area (TPSA) is 87.3 Å². The van der Waals surface area contributed by atoms with Gasteiger partial charge in [-0.25, -0.2) is 13.1 Å². The van der Waals surface area contributed by atoms with Gasteiger partial charge in [-0.05, 0) is 38.1 Å². The molecule has 0 spiro atoms. The lowest BCUT2D eigenvalue weighted by Crippen LogP contribution is -2.50. The van der Waals surface area contributed by atoms with E-state index < -0.39 is 15.6 Å². The molecular weight excluding hydrogens is 358 g/mol. The molecular formula is C13H20BrN3O3S. The number of amides is 1. The van der Waals surface area contributed by atoms with Crippen molar-refractivity contribution in [2.45, 2.75) is 19.4 Å². The molecule has 0 aliphatic carbocycles. The Morgan fingerprint density at radius 1 is 1.24 bits per heavy atom. The molecule has 0 aliphatic heterocycles. The van der Waals surface area contributed by atoms with Gasteiger partial charge in [0.05, 0.1) is 12.8 Å². The average Bonchev–Trinajstić information content (AvgIpc) is 2.28. The van der Waals surface area contributed by atoms with Gasteiger partial charge in [-0.2, -0.15) is 0 Å². The van der Waals surface area contributed by atoms with Crippen molar-refractivity contribution in [3.05, 3.63) is 28.7 Å². The first-order valence-electron chi connectivity index (χ1n) is 6.32. The van der Waals surface area contributed by atoms with E-state index in [0.717, 1.165) is 10.7 Å². The molecule has 0 fully saturated rings. The lowest BCUT2D eigenvalue weighted by molar-refractivity contribution is -0.115. The number of hydrogen-bond donors (Lipinski definition) is 3. The minimum absolute atomic E-state index is 0.102. The van der Waals surface area contributed by atoms with Gasteiger partial charge in [-0.1, -0.05) is 15.9 Å². The first kappa shape index (κ1) is 18.1. The molecule has 0 bridgehead atoms. The van der Waals surface area contributed by atoms with Crippen molar-refractivity contribution in [1.29, 1.82) is 0 Å². The predicted octanol–water partition coefficient (Wildman–Crippen LogP) is 1.30. The summed E-state index contributed by atoms with van der Waals surface area (Å²) >= 11 is 3.32. The molecule has 118 valence electrons. The van der Waals surface area contributed by atoms with Crippen LogP contribution in [0, 0.1) is 0 Å². The highest BCUT2D eigenvalue weighted by molar-refractivity contribution is 9.10. The number of benzene rings is 1. The Bertz CT molecular complexity index is 585. The smallest absolute Gasteiger partial charge is 0.238 e. The molecule has 1 aromatic carbocycles. The number of carbonyl (C=O) groups is 1. The molecule has 21 heavy (non-hydrogen) atoms. The van der Waals surface area contributed by atoms with Crippen molar-refractivity contribution in [3.63, 3.8) is 0 Å². The van der Waals surface area contributed by atoms with Gasteiger partial charge in [0.25, 0.3) is 0 Å². The van der Waals surface area contributed by atoms with Crippen LogP contribution >= 0.6 is 15.9 Å². The summed E-state index contributed by atoms with van der Waals surface area (Å²) in [4.78, 5) is 11.7. The molecule has 8 heteroatoms. The second-order valence-electron chi connectivity index (χ2n) is 5.42. The van der Waals surface area contributed by atoms with Crippen LogP contribution in [0.15, 0.2) is 28.7 Å². The molecule has 1 rings (SSSR count). The van der Waals surface area contributed by atoms with Crippen molar-refractivity contribution in [1.82, 2.24) is 10.0 Å². The zero-order valence-corrected chi connectivity index (χ0v) is 14.6. The number of rotatable bonds is 7. The first-order chi connectivity index (χ1) is 9.57. The van der Waals surface area contributed by atoms with Crippen LogP contribution in [0.5, 0.6) is 0 Å². The van der Waals surface area contributed by atoms with Crippen LogP contribution in [0.3, 0.4) is 0 Å². The van der Waals surface area contributed by atoms with E-state index in [-0.39, 0.29) is 12.5 Å². The molecule has 0 atom stereocenters. The van der Waals surface area contributed by atoms with Gasteiger partial charge < -0.3 is 10.6 Å². The minimum Gasteiger partial charge on any atom is -0.325 e. The van der Waals surface area contributed by atoms with Crippen LogP contribution in [-0.4, -0.2) is 39.2 Å². The zero-order chi connectivity index (χ0) is 16.1. The number of sulfonamides is 1. The van der Waals surface area contributed by atoms with E-state index in [4.69, 9.17) is 0 Å². The molecule has 0 saturated carbocycles.